The van der Waals surface area contributed by atoms with Crippen molar-refractivity contribution < 1.29 is 4.63 Å². The van der Waals surface area contributed by atoms with Gasteiger partial charge in [0.05, 0.1) is 0 Å². The van der Waals surface area contributed by atoms with Gasteiger partial charge in [-0.1, -0.05) is 11.6 Å². The van der Waals surface area contributed by atoms with Crippen molar-refractivity contribution in [1.29, 1.82) is 5.41 Å². The van der Waals surface area contributed by atoms with Crippen LogP contribution in [-0.4, -0.2) is 34.0 Å². The number of nitrogens with zero attached hydrogens (tertiary/aromatic N) is 2. The number of hydrogen-bond donors (Lipinski definition) is 2. The van der Waals surface area contributed by atoms with Crippen LogP contribution in [0.4, 0.5) is 5.82 Å². The summed E-state index contributed by atoms with van der Waals surface area (Å²) in [5.41, 5.74) is 0.253. The number of hydrogen-bond acceptors (Lipinski definition) is 6. The summed E-state index contributed by atoms with van der Waals surface area (Å²) in [6.45, 7) is 0.743. The van der Waals surface area contributed by atoms with Gasteiger partial charge in [0.2, 0.25) is 5.82 Å². The Balaban J connectivity index is 2.55. The van der Waals surface area contributed by atoms with E-state index in [4.69, 9.17) is 17.0 Å². The van der Waals surface area contributed by atoms with Crippen molar-refractivity contribution >= 4 is 34.4 Å². The van der Waals surface area contributed by atoms with E-state index < -0.39 is 0 Å². The highest BCUT2D eigenvalue weighted by Gasteiger charge is 2.12. The molecule has 0 amide bonds. The van der Waals surface area contributed by atoms with Crippen LogP contribution in [0.15, 0.2) is 4.63 Å². The predicted molar refractivity (Wildman–Crippen MR) is 53.9 cm³/mol. The minimum atomic E-state index is -0.173. The number of thioether (sulfide) groups is 1. The van der Waals surface area contributed by atoms with Crippen molar-refractivity contribution in [2.24, 2.45) is 0 Å². The Kier molecular flexibility index (Phi) is 4.04. The monoisotopic (exact) mass is 220 g/mol. The Labute approximate surface area is 84.7 Å². The van der Waals surface area contributed by atoms with E-state index in [0.29, 0.717) is 5.82 Å². The molecule has 1 aromatic heterocycles. The molecule has 0 radical (unpaired) electrons. The lowest BCUT2D eigenvalue weighted by Gasteiger charge is -1.99. The van der Waals surface area contributed by atoms with Crippen molar-refractivity contribution in [3.05, 3.63) is 5.69 Å². The highest BCUT2D eigenvalue weighted by Crippen LogP contribution is 2.11. The van der Waals surface area contributed by atoms with Crippen molar-refractivity contribution in [3.8, 4) is 0 Å². The summed E-state index contributed by atoms with van der Waals surface area (Å²) in [5.74, 6) is 1.37. The van der Waals surface area contributed by atoms with Crippen molar-refractivity contribution in [3.63, 3.8) is 0 Å². The maximum Gasteiger partial charge on any atom is 0.201 e. The number of aromatic nitrogens is 2. The lowest BCUT2D eigenvalue weighted by atomic mass is 10.4. The fourth-order valence-corrected chi connectivity index (χ4v) is 1.15. The molecule has 5 nitrogen and oxygen atoms in total. The van der Waals surface area contributed by atoms with E-state index in [1.807, 2.05) is 6.26 Å². The van der Waals surface area contributed by atoms with Crippen molar-refractivity contribution in [2.75, 3.05) is 23.9 Å². The van der Waals surface area contributed by atoms with E-state index in [1.54, 1.807) is 11.8 Å². The maximum absolute atomic E-state index is 7.13. The van der Waals surface area contributed by atoms with Gasteiger partial charge >= 0.3 is 0 Å². The van der Waals surface area contributed by atoms with Crippen LogP contribution in [0.1, 0.15) is 5.69 Å². The molecular weight excluding hydrogens is 212 g/mol. The first-order chi connectivity index (χ1) is 6.25. The Bertz CT molecular complexity index is 290. The van der Waals surface area contributed by atoms with Crippen LogP contribution in [0.25, 0.3) is 0 Å². The van der Waals surface area contributed by atoms with Crippen LogP contribution in [0.5, 0.6) is 0 Å². The fraction of sp³-hybridized carbons (Fsp3) is 0.500. The smallest absolute Gasteiger partial charge is 0.201 e. The molecular formula is C6H9ClN4OS. The number of anilines is 1. The lowest BCUT2D eigenvalue weighted by Crippen LogP contribution is -2.07. The molecule has 0 bridgehead atoms. The van der Waals surface area contributed by atoms with Gasteiger partial charge in [-0.05, 0) is 16.6 Å². The first kappa shape index (κ1) is 10.3. The fourth-order valence-electron chi connectivity index (χ4n) is 0.720. The number of nitrogens with one attached hydrogen (secondary N) is 2. The first-order valence-corrected chi connectivity index (χ1v) is 5.32. The summed E-state index contributed by atoms with van der Waals surface area (Å²) in [6.07, 6.45) is 2.01. The van der Waals surface area contributed by atoms with Gasteiger partial charge in [0.25, 0.3) is 0 Å². The van der Waals surface area contributed by atoms with E-state index in [-0.39, 0.29) is 10.9 Å². The topological polar surface area (TPSA) is 74.8 Å². The summed E-state index contributed by atoms with van der Waals surface area (Å²) >= 11 is 7.15. The molecule has 2 N–H and O–H groups in total. The van der Waals surface area contributed by atoms with Crippen LogP contribution in [-0.2, 0) is 0 Å². The Hall–Kier alpha value is -0.750. The molecule has 0 aliphatic carbocycles. The second-order valence-corrected chi connectivity index (χ2v) is 3.56. The van der Waals surface area contributed by atoms with E-state index in [1.165, 1.54) is 0 Å². The van der Waals surface area contributed by atoms with Gasteiger partial charge in [0, 0.05) is 12.3 Å². The minimum absolute atomic E-state index is 0.173. The van der Waals surface area contributed by atoms with E-state index >= 15 is 0 Å². The maximum atomic E-state index is 7.13. The summed E-state index contributed by atoms with van der Waals surface area (Å²) < 4.78 is 4.44. The van der Waals surface area contributed by atoms with Crippen LogP contribution < -0.4 is 5.32 Å². The molecule has 13 heavy (non-hydrogen) atoms. The van der Waals surface area contributed by atoms with Gasteiger partial charge in [-0.3, -0.25) is 5.41 Å². The molecule has 0 saturated heterocycles. The van der Waals surface area contributed by atoms with Crippen molar-refractivity contribution in [1.82, 2.24) is 10.3 Å². The normalized spacial score (nSPS) is 10.0. The highest BCUT2D eigenvalue weighted by atomic mass is 35.5. The highest BCUT2D eigenvalue weighted by molar-refractivity contribution is 7.98. The molecule has 0 spiro atoms. The van der Waals surface area contributed by atoms with Gasteiger partial charge in [-0.25, -0.2) is 4.63 Å². The van der Waals surface area contributed by atoms with Crippen LogP contribution in [0.2, 0.25) is 0 Å². The molecule has 0 aromatic carbocycles. The Morgan fingerprint density at radius 1 is 1.69 bits per heavy atom. The molecule has 0 atom stereocenters. The molecule has 7 heteroatoms. The first-order valence-electron chi connectivity index (χ1n) is 3.55. The molecule has 0 aliphatic heterocycles. The standard InChI is InChI=1S/C6H9ClN4OS/c1-13-3-2-9-6-4(5(7)8)10-12-11-6/h8H,2-3H2,1H3,(H,9,11). The van der Waals surface area contributed by atoms with Crippen LogP contribution in [0, 0.1) is 5.41 Å². The van der Waals surface area contributed by atoms with Gasteiger partial charge in [0.1, 0.15) is 0 Å². The molecule has 72 valence electrons. The lowest BCUT2D eigenvalue weighted by molar-refractivity contribution is 0.308. The zero-order valence-electron chi connectivity index (χ0n) is 7.00. The zero-order valence-corrected chi connectivity index (χ0v) is 8.58. The average Bonchev–Trinajstić information content (AvgIpc) is 2.53. The predicted octanol–water partition coefficient (Wildman–Crippen LogP) is 1.41. The molecule has 1 aromatic rings. The molecule has 0 fully saturated rings. The molecule has 1 rings (SSSR count). The zero-order chi connectivity index (χ0) is 9.68. The molecule has 0 unspecified atom stereocenters. The summed E-state index contributed by atoms with van der Waals surface area (Å²) in [6, 6.07) is 0. The van der Waals surface area contributed by atoms with Gasteiger partial charge in [-0.15, -0.1) is 0 Å². The second-order valence-electron chi connectivity index (χ2n) is 2.19. The average molecular weight is 221 g/mol. The Morgan fingerprint density at radius 3 is 3.08 bits per heavy atom. The summed E-state index contributed by atoms with van der Waals surface area (Å²) in [7, 11) is 0. The van der Waals surface area contributed by atoms with Crippen LogP contribution in [0.3, 0.4) is 0 Å². The number of halogens is 1. The van der Waals surface area contributed by atoms with Gasteiger partial charge < -0.3 is 5.32 Å². The van der Waals surface area contributed by atoms with Crippen molar-refractivity contribution in [2.45, 2.75) is 0 Å². The summed E-state index contributed by atoms with van der Waals surface area (Å²) in [4.78, 5) is 0. The largest absolute Gasteiger partial charge is 0.364 e. The van der Waals surface area contributed by atoms with Crippen LogP contribution >= 0.6 is 23.4 Å². The van der Waals surface area contributed by atoms with E-state index in [0.717, 1.165) is 12.3 Å². The summed E-state index contributed by atoms with van der Waals surface area (Å²) in [5, 5.41) is 17.0. The van der Waals surface area contributed by atoms with E-state index in [9.17, 15) is 0 Å². The second kappa shape index (κ2) is 5.08. The number of rotatable bonds is 5. The molecule has 0 saturated carbocycles. The third-order valence-electron chi connectivity index (χ3n) is 1.30. The molecule has 0 aliphatic rings. The Morgan fingerprint density at radius 2 is 2.46 bits per heavy atom. The van der Waals surface area contributed by atoms with E-state index in [2.05, 4.69) is 20.3 Å². The van der Waals surface area contributed by atoms with Gasteiger partial charge in [0.15, 0.2) is 10.9 Å². The SMILES string of the molecule is CSCCNc1nonc1C(=N)Cl. The quantitative estimate of drug-likeness (QED) is 0.580. The molecule has 1 heterocycles. The third-order valence-corrected chi connectivity index (χ3v) is 2.09. The minimum Gasteiger partial charge on any atom is -0.364 e. The van der Waals surface area contributed by atoms with Gasteiger partial charge in [-0.2, -0.15) is 11.8 Å². The third kappa shape index (κ3) is 2.89.